The molecule has 3 N–H and O–H groups in total. The fourth-order valence-corrected chi connectivity index (χ4v) is 3.80. The molecule has 0 radical (unpaired) electrons. The fourth-order valence-electron chi connectivity index (χ4n) is 3.80. The van der Waals surface area contributed by atoms with Gasteiger partial charge in [-0.15, -0.1) is 0 Å². The molecule has 1 aliphatic carbocycles. The van der Waals surface area contributed by atoms with Gasteiger partial charge in [0.2, 0.25) is 0 Å². The molecule has 2 atom stereocenters. The number of aryl methyl sites for hydroxylation is 1. The Morgan fingerprint density at radius 1 is 0.962 bits per heavy atom. The summed E-state index contributed by atoms with van der Waals surface area (Å²) >= 11 is 0. The topological polar surface area (TPSA) is 45.7 Å². The van der Waals surface area contributed by atoms with E-state index in [-0.39, 0.29) is 18.0 Å². The second-order valence-corrected chi connectivity index (χ2v) is 7.62. The van der Waals surface area contributed by atoms with Crippen molar-refractivity contribution in [2.45, 2.75) is 64.1 Å². The number of carbonyl (C=O) groups excluding carboxylic acids is 1. The third kappa shape index (κ3) is 4.95. The first-order chi connectivity index (χ1) is 12.6. The van der Waals surface area contributed by atoms with Crippen molar-refractivity contribution in [1.82, 2.24) is 5.32 Å². The lowest BCUT2D eigenvalue weighted by Crippen LogP contribution is -2.93. The quantitative estimate of drug-likeness (QED) is 0.822. The van der Waals surface area contributed by atoms with Crippen molar-refractivity contribution in [1.29, 1.82) is 0 Å². The second kappa shape index (κ2) is 9.00. The van der Waals surface area contributed by atoms with Gasteiger partial charge in [-0.2, -0.15) is 0 Å². The van der Waals surface area contributed by atoms with E-state index in [9.17, 15) is 4.79 Å². The lowest BCUT2D eigenvalue weighted by atomic mass is 9.95. The van der Waals surface area contributed by atoms with Crippen molar-refractivity contribution in [2.75, 3.05) is 0 Å². The summed E-state index contributed by atoms with van der Waals surface area (Å²) in [5.74, 6) is 0.157. The van der Waals surface area contributed by atoms with E-state index in [2.05, 4.69) is 66.1 Å². The maximum Gasteiger partial charge on any atom is 0.278 e. The lowest BCUT2D eigenvalue weighted by molar-refractivity contribution is -0.704. The average molecular weight is 352 g/mol. The minimum absolute atomic E-state index is 0.122. The van der Waals surface area contributed by atoms with Crippen LogP contribution in [0.2, 0.25) is 0 Å². The average Bonchev–Trinajstić information content (AvgIpc) is 2.68. The van der Waals surface area contributed by atoms with Crippen molar-refractivity contribution >= 4 is 5.91 Å². The van der Waals surface area contributed by atoms with Crippen molar-refractivity contribution in [3.63, 3.8) is 0 Å². The Bertz CT molecular complexity index is 690. The van der Waals surface area contributed by atoms with Gasteiger partial charge in [0, 0.05) is 17.2 Å². The zero-order valence-corrected chi connectivity index (χ0v) is 15.9. The standard InChI is InChI=1S/C23H30N2O/c1-17-13-15-20(16-14-17)22(19-9-5-3-6-10-19)24-18(2)23(26)25-21-11-7-4-8-12-21/h3,5-6,9-10,13-16,18,21-22,24H,4,7-8,11-12H2,1-2H3,(H,25,26)/p+1/t18-,22+/m1/s1. The molecule has 26 heavy (non-hydrogen) atoms. The third-order valence-electron chi connectivity index (χ3n) is 5.44. The zero-order valence-electron chi connectivity index (χ0n) is 15.9. The van der Waals surface area contributed by atoms with Crippen LogP contribution in [0.5, 0.6) is 0 Å². The Balaban J connectivity index is 1.72. The maximum atomic E-state index is 12.7. The summed E-state index contributed by atoms with van der Waals surface area (Å²) in [7, 11) is 0. The molecule has 1 amide bonds. The van der Waals surface area contributed by atoms with E-state index < -0.39 is 0 Å². The fraction of sp³-hybridized carbons (Fsp3) is 0.435. The van der Waals surface area contributed by atoms with Crippen LogP contribution in [-0.4, -0.2) is 18.0 Å². The molecule has 1 aliphatic rings. The first kappa shape index (κ1) is 18.7. The van der Waals surface area contributed by atoms with Crippen LogP contribution in [-0.2, 0) is 4.79 Å². The highest BCUT2D eigenvalue weighted by molar-refractivity contribution is 5.80. The van der Waals surface area contributed by atoms with Crippen LogP contribution in [0.3, 0.4) is 0 Å². The second-order valence-electron chi connectivity index (χ2n) is 7.62. The summed E-state index contributed by atoms with van der Waals surface area (Å²) in [6.45, 7) is 4.12. The number of rotatable bonds is 6. The predicted octanol–water partition coefficient (Wildman–Crippen LogP) is 3.49. The Labute approximate surface area is 157 Å². The molecule has 138 valence electrons. The van der Waals surface area contributed by atoms with Gasteiger partial charge in [-0.1, -0.05) is 79.4 Å². The van der Waals surface area contributed by atoms with Gasteiger partial charge in [-0.3, -0.25) is 4.79 Å². The first-order valence-corrected chi connectivity index (χ1v) is 9.90. The summed E-state index contributed by atoms with van der Waals surface area (Å²) in [4.78, 5) is 12.7. The minimum Gasteiger partial charge on any atom is -0.348 e. The Morgan fingerprint density at radius 3 is 2.23 bits per heavy atom. The number of amides is 1. The molecule has 0 spiro atoms. The summed E-state index contributed by atoms with van der Waals surface area (Å²) in [6.07, 6.45) is 6.02. The molecule has 3 nitrogen and oxygen atoms in total. The van der Waals surface area contributed by atoms with Crippen molar-refractivity contribution < 1.29 is 10.1 Å². The summed E-state index contributed by atoms with van der Waals surface area (Å²) in [5.41, 5.74) is 3.72. The summed E-state index contributed by atoms with van der Waals surface area (Å²) < 4.78 is 0. The molecular formula is C23H31N2O+. The zero-order chi connectivity index (χ0) is 18.4. The van der Waals surface area contributed by atoms with Crippen LogP contribution in [0.4, 0.5) is 0 Å². The van der Waals surface area contributed by atoms with Crippen LogP contribution >= 0.6 is 0 Å². The highest BCUT2D eigenvalue weighted by Crippen LogP contribution is 2.19. The molecule has 3 heteroatoms. The SMILES string of the molecule is Cc1ccc([C@@H]([NH2+][C@H](C)C(=O)NC2CCCCC2)c2ccccc2)cc1. The van der Waals surface area contributed by atoms with E-state index in [1.165, 1.54) is 36.0 Å². The number of nitrogens with two attached hydrogens (primary N) is 1. The third-order valence-corrected chi connectivity index (χ3v) is 5.44. The van der Waals surface area contributed by atoms with E-state index in [1.54, 1.807) is 0 Å². The van der Waals surface area contributed by atoms with E-state index in [1.807, 2.05) is 13.0 Å². The maximum absolute atomic E-state index is 12.7. The molecule has 0 aliphatic heterocycles. The van der Waals surface area contributed by atoms with Crippen LogP contribution in [0, 0.1) is 6.92 Å². The molecule has 0 unspecified atom stereocenters. The normalized spacial score (nSPS) is 17.5. The van der Waals surface area contributed by atoms with Gasteiger partial charge in [0.15, 0.2) is 6.04 Å². The lowest BCUT2D eigenvalue weighted by Gasteiger charge is -2.25. The van der Waals surface area contributed by atoms with Gasteiger partial charge in [-0.25, -0.2) is 0 Å². The van der Waals surface area contributed by atoms with Crippen molar-refractivity contribution in [3.05, 3.63) is 71.3 Å². The van der Waals surface area contributed by atoms with Crippen LogP contribution < -0.4 is 10.6 Å². The minimum atomic E-state index is -0.122. The molecule has 2 aromatic rings. The number of nitrogens with one attached hydrogen (secondary N) is 1. The summed E-state index contributed by atoms with van der Waals surface area (Å²) in [6, 6.07) is 19.5. The van der Waals surface area contributed by atoms with Crippen LogP contribution in [0.25, 0.3) is 0 Å². The molecule has 0 saturated heterocycles. The van der Waals surface area contributed by atoms with Gasteiger partial charge < -0.3 is 10.6 Å². The number of hydrogen-bond acceptors (Lipinski definition) is 1. The molecule has 1 saturated carbocycles. The molecule has 0 aromatic heterocycles. The number of hydrogen-bond donors (Lipinski definition) is 2. The van der Waals surface area contributed by atoms with Crippen molar-refractivity contribution in [3.8, 4) is 0 Å². The Hall–Kier alpha value is -2.13. The Morgan fingerprint density at radius 2 is 1.58 bits per heavy atom. The molecule has 0 bridgehead atoms. The van der Waals surface area contributed by atoms with E-state index in [4.69, 9.17) is 0 Å². The largest absolute Gasteiger partial charge is 0.348 e. The highest BCUT2D eigenvalue weighted by Gasteiger charge is 2.26. The number of benzene rings is 2. The van der Waals surface area contributed by atoms with E-state index in [0.717, 1.165) is 12.8 Å². The molecule has 3 rings (SSSR count). The van der Waals surface area contributed by atoms with Crippen LogP contribution in [0.1, 0.15) is 61.8 Å². The smallest absolute Gasteiger partial charge is 0.278 e. The molecule has 1 fully saturated rings. The van der Waals surface area contributed by atoms with E-state index >= 15 is 0 Å². The van der Waals surface area contributed by atoms with Crippen LogP contribution in [0.15, 0.2) is 54.6 Å². The Kier molecular flexibility index (Phi) is 6.45. The first-order valence-electron chi connectivity index (χ1n) is 9.90. The van der Waals surface area contributed by atoms with E-state index in [0.29, 0.717) is 6.04 Å². The van der Waals surface area contributed by atoms with Crippen molar-refractivity contribution in [2.24, 2.45) is 0 Å². The van der Waals surface area contributed by atoms with Gasteiger partial charge >= 0.3 is 0 Å². The molecule has 0 heterocycles. The molecular weight excluding hydrogens is 320 g/mol. The van der Waals surface area contributed by atoms with Gasteiger partial charge in [0.1, 0.15) is 6.04 Å². The predicted molar refractivity (Wildman–Crippen MR) is 106 cm³/mol. The van der Waals surface area contributed by atoms with Gasteiger partial charge in [0.25, 0.3) is 5.91 Å². The van der Waals surface area contributed by atoms with Gasteiger partial charge in [-0.05, 0) is 26.7 Å². The van der Waals surface area contributed by atoms with Gasteiger partial charge in [0.05, 0.1) is 0 Å². The summed E-state index contributed by atoms with van der Waals surface area (Å²) in [5, 5.41) is 5.46. The highest BCUT2D eigenvalue weighted by atomic mass is 16.2. The monoisotopic (exact) mass is 351 g/mol. The number of carbonyl (C=O) groups is 1. The molecule has 2 aromatic carbocycles. The number of quaternary nitrogens is 1.